The van der Waals surface area contributed by atoms with Crippen LogP contribution >= 0.6 is 43.5 Å². The smallest absolute Gasteiger partial charge is 0.233 e. The molecule has 6 rings (SSSR count). The Labute approximate surface area is 306 Å². The van der Waals surface area contributed by atoms with Crippen LogP contribution in [0.3, 0.4) is 0 Å². The molecule has 0 amide bonds. The molecular formula is C33H36Br2ClN11O2. The van der Waals surface area contributed by atoms with E-state index in [1.54, 1.807) is 42.7 Å². The molecule has 6 aromatic rings. The largest absolute Gasteiger partial charge is 0.474 e. The topological polar surface area (TPSA) is 157 Å². The van der Waals surface area contributed by atoms with Gasteiger partial charge in [0.1, 0.15) is 5.82 Å². The third-order valence-corrected chi connectivity index (χ3v) is 7.48. The summed E-state index contributed by atoms with van der Waals surface area (Å²) in [5.74, 6) is 1.63. The van der Waals surface area contributed by atoms with Crippen LogP contribution in [-0.4, -0.2) is 61.7 Å². The molecule has 2 N–H and O–H groups in total. The Balaban J connectivity index is 0.000000183. The van der Waals surface area contributed by atoms with E-state index in [4.69, 9.17) is 26.8 Å². The zero-order chi connectivity index (χ0) is 35.5. The van der Waals surface area contributed by atoms with Crippen molar-refractivity contribution in [2.45, 2.75) is 46.3 Å². The van der Waals surface area contributed by atoms with Gasteiger partial charge in [0.2, 0.25) is 11.8 Å². The number of pyridine rings is 2. The third-order valence-electron chi connectivity index (χ3n) is 6.36. The number of ether oxygens (including phenoxy) is 2. The van der Waals surface area contributed by atoms with Crippen molar-refractivity contribution in [2.75, 3.05) is 5.73 Å². The first-order valence-electron chi connectivity index (χ1n) is 15.0. The molecule has 0 aliphatic carbocycles. The van der Waals surface area contributed by atoms with Gasteiger partial charge in [-0.15, -0.1) is 0 Å². The SMILES string of the molecule is CC(C)Oc1cncc(Cc2c(-c3ccc(Br)cn3)cnn2C)n1.CC(C)Oc1cncc(Cl)n1.Cn1ncc(-c2ccc(Br)cn2)c1N. The van der Waals surface area contributed by atoms with Crippen LogP contribution in [0.5, 0.6) is 11.8 Å². The predicted octanol–water partition coefficient (Wildman–Crippen LogP) is 7.16. The van der Waals surface area contributed by atoms with Crippen LogP contribution in [0.2, 0.25) is 5.15 Å². The fraction of sp³-hybridized carbons (Fsp3) is 0.273. The van der Waals surface area contributed by atoms with Crippen LogP contribution in [0.4, 0.5) is 5.82 Å². The molecule has 6 aromatic heterocycles. The number of hydrogen-bond donors (Lipinski definition) is 1. The zero-order valence-corrected chi connectivity index (χ0v) is 31.7. The normalized spacial score (nSPS) is 10.7. The Hall–Kier alpha value is -4.47. The van der Waals surface area contributed by atoms with E-state index in [1.165, 1.54) is 12.4 Å². The molecule has 0 spiro atoms. The minimum Gasteiger partial charge on any atom is -0.474 e. The summed E-state index contributed by atoms with van der Waals surface area (Å²) in [4.78, 5) is 25.2. The second-order valence-corrected chi connectivity index (χ2v) is 13.2. The molecule has 0 aromatic carbocycles. The van der Waals surface area contributed by atoms with Crippen molar-refractivity contribution in [1.82, 2.24) is 49.5 Å². The molecule has 0 aliphatic heterocycles. The number of nitrogen functional groups attached to an aromatic ring is 1. The van der Waals surface area contributed by atoms with E-state index in [0.717, 1.165) is 42.8 Å². The zero-order valence-electron chi connectivity index (χ0n) is 27.8. The third kappa shape index (κ3) is 11.3. The van der Waals surface area contributed by atoms with Gasteiger partial charge < -0.3 is 15.2 Å². The molecule has 0 aliphatic rings. The number of aryl methyl sites for hydroxylation is 2. The number of rotatable bonds is 8. The summed E-state index contributed by atoms with van der Waals surface area (Å²) in [7, 11) is 3.72. The lowest BCUT2D eigenvalue weighted by Gasteiger charge is -2.10. The van der Waals surface area contributed by atoms with E-state index < -0.39 is 0 Å². The molecule has 6 heterocycles. The minimum absolute atomic E-state index is 0.0637. The quantitative estimate of drug-likeness (QED) is 0.166. The van der Waals surface area contributed by atoms with Gasteiger partial charge in [-0.1, -0.05) is 11.6 Å². The van der Waals surface area contributed by atoms with Gasteiger partial charge in [-0.3, -0.25) is 29.3 Å². The summed E-state index contributed by atoms with van der Waals surface area (Å²) in [6, 6.07) is 7.76. The summed E-state index contributed by atoms with van der Waals surface area (Å²) < 4.78 is 16.2. The Bertz CT molecular complexity index is 1930. The van der Waals surface area contributed by atoms with Gasteiger partial charge in [-0.2, -0.15) is 15.2 Å². The van der Waals surface area contributed by atoms with Crippen LogP contribution in [0.15, 0.2) is 82.8 Å². The first-order chi connectivity index (χ1) is 23.4. The lowest BCUT2D eigenvalue weighted by molar-refractivity contribution is 0.231. The average Bonchev–Trinajstić information content (AvgIpc) is 3.58. The first-order valence-corrected chi connectivity index (χ1v) is 17.0. The molecule has 16 heteroatoms. The van der Waals surface area contributed by atoms with Crippen molar-refractivity contribution < 1.29 is 9.47 Å². The van der Waals surface area contributed by atoms with E-state index >= 15 is 0 Å². The van der Waals surface area contributed by atoms with Gasteiger partial charge >= 0.3 is 0 Å². The number of anilines is 1. The molecule has 0 fully saturated rings. The van der Waals surface area contributed by atoms with Gasteiger partial charge in [0, 0.05) is 53.6 Å². The van der Waals surface area contributed by atoms with E-state index in [9.17, 15) is 0 Å². The Morgan fingerprint density at radius 2 is 1.22 bits per heavy atom. The predicted molar refractivity (Wildman–Crippen MR) is 196 cm³/mol. The summed E-state index contributed by atoms with van der Waals surface area (Å²) >= 11 is 12.3. The number of nitrogens with two attached hydrogens (primary N) is 1. The van der Waals surface area contributed by atoms with Crippen molar-refractivity contribution in [2.24, 2.45) is 14.1 Å². The molecule has 49 heavy (non-hydrogen) atoms. The lowest BCUT2D eigenvalue weighted by atomic mass is 10.1. The Kier molecular flexibility index (Phi) is 13.6. The second kappa shape index (κ2) is 17.8. The van der Waals surface area contributed by atoms with Gasteiger partial charge in [0.25, 0.3) is 0 Å². The second-order valence-electron chi connectivity index (χ2n) is 11.0. The standard InChI is InChI=1S/C17H18BrN5O.C9H9BrN4.C7H9ClN2O/c1-11(2)24-17-10-19-8-13(22-17)6-16-14(9-21-23(16)3)15-5-4-12(18)7-20-15;1-14-9(11)7(5-13-14)8-3-2-6(10)4-12-8;1-5(2)11-7-4-9-3-6(8)10-7/h4-5,7-11H,6H2,1-3H3;2-5H,11H2,1H3;3-5H,1-2H3. The maximum atomic E-state index is 5.82. The van der Waals surface area contributed by atoms with E-state index in [1.807, 2.05) is 69.9 Å². The summed E-state index contributed by atoms with van der Waals surface area (Å²) in [6.45, 7) is 7.77. The van der Waals surface area contributed by atoms with E-state index in [0.29, 0.717) is 29.2 Å². The lowest BCUT2D eigenvalue weighted by Crippen LogP contribution is -2.09. The number of aromatic nitrogens is 10. The van der Waals surface area contributed by atoms with Crippen molar-refractivity contribution in [3.05, 3.63) is 99.3 Å². The fourth-order valence-electron chi connectivity index (χ4n) is 4.17. The highest BCUT2D eigenvalue weighted by Gasteiger charge is 2.14. The molecule has 13 nitrogen and oxygen atoms in total. The van der Waals surface area contributed by atoms with Crippen molar-refractivity contribution in [3.63, 3.8) is 0 Å². The van der Waals surface area contributed by atoms with Crippen molar-refractivity contribution >= 4 is 49.3 Å². The maximum absolute atomic E-state index is 5.82. The molecule has 0 unspecified atom stereocenters. The molecule has 0 bridgehead atoms. The van der Waals surface area contributed by atoms with Crippen LogP contribution in [0, 0.1) is 0 Å². The molecule has 0 saturated carbocycles. The van der Waals surface area contributed by atoms with E-state index in [-0.39, 0.29) is 12.2 Å². The number of halogens is 3. The number of nitrogens with zero attached hydrogens (tertiary/aromatic N) is 10. The summed E-state index contributed by atoms with van der Waals surface area (Å²) in [6.07, 6.45) is 14.2. The van der Waals surface area contributed by atoms with Crippen molar-refractivity contribution in [3.8, 4) is 34.3 Å². The van der Waals surface area contributed by atoms with Crippen molar-refractivity contribution in [1.29, 1.82) is 0 Å². The number of hydrogen-bond acceptors (Lipinski definition) is 11. The minimum atomic E-state index is 0.0637. The molecule has 0 saturated heterocycles. The monoisotopic (exact) mass is 811 g/mol. The molecule has 256 valence electrons. The molecule has 0 atom stereocenters. The maximum Gasteiger partial charge on any atom is 0.233 e. The van der Waals surface area contributed by atoms with Crippen LogP contribution in [0.1, 0.15) is 39.1 Å². The molecular weight excluding hydrogens is 778 g/mol. The van der Waals surface area contributed by atoms with Gasteiger partial charge in [0.15, 0.2) is 5.15 Å². The fourth-order valence-corrected chi connectivity index (χ4v) is 4.77. The van der Waals surface area contributed by atoms with E-state index in [2.05, 4.69) is 72.0 Å². The summed E-state index contributed by atoms with van der Waals surface area (Å²) in [5, 5.41) is 8.77. The van der Waals surface area contributed by atoms with Gasteiger partial charge in [-0.25, -0.2) is 4.98 Å². The highest BCUT2D eigenvalue weighted by Crippen LogP contribution is 2.25. The Morgan fingerprint density at radius 1 is 0.694 bits per heavy atom. The average molecular weight is 814 g/mol. The molecule has 0 radical (unpaired) electrons. The van der Waals surface area contributed by atoms with Gasteiger partial charge in [-0.05, 0) is 83.8 Å². The highest BCUT2D eigenvalue weighted by molar-refractivity contribution is 9.10. The first kappa shape index (κ1) is 37.4. The van der Waals surface area contributed by atoms with Crippen LogP contribution in [0.25, 0.3) is 22.5 Å². The highest BCUT2D eigenvalue weighted by atomic mass is 79.9. The summed E-state index contributed by atoms with van der Waals surface area (Å²) in [5.41, 5.74) is 11.2. The van der Waals surface area contributed by atoms with Gasteiger partial charge in [0.05, 0.1) is 71.5 Å². The Morgan fingerprint density at radius 3 is 1.73 bits per heavy atom. The van der Waals surface area contributed by atoms with Crippen LogP contribution < -0.4 is 15.2 Å². The van der Waals surface area contributed by atoms with Crippen LogP contribution in [-0.2, 0) is 20.5 Å².